The van der Waals surface area contributed by atoms with Gasteiger partial charge in [0.1, 0.15) is 12.3 Å². The van der Waals surface area contributed by atoms with Gasteiger partial charge >= 0.3 is 0 Å². The zero-order chi connectivity index (χ0) is 15.1. The molecule has 20 heavy (non-hydrogen) atoms. The van der Waals surface area contributed by atoms with E-state index in [0.29, 0.717) is 18.1 Å². The van der Waals surface area contributed by atoms with Crippen molar-refractivity contribution < 1.29 is 14.4 Å². The maximum absolute atomic E-state index is 11.8. The summed E-state index contributed by atoms with van der Waals surface area (Å²) in [5.74, 6) is 0.877. The van der Waals surface area contributed by atoms with Crippen LogP contribution in [0, 0.1) is 0 Å². The van der Waals surface area contributed by atoms with Gasteiger partial charge in [0.05, 0.1) is 13.7 Å². The molecule has 0 aliphatic heterocycles. The van der Waals surface area contributed by atoms with Gasteiger partial charge in [-0.2, -0.15) is 0 Å². The summed E-state index contributed by atoms with van der Waals surface area (Å²) < 4.78 is 5.34. The highest BCUT2D eigenvalue weighted by atomic mass is 35.5. The zero-order valence-corrected chi connectivity index (χ0v) is 13.4. The first kappa shape index (κ1) is 16.8. The molecule has 0 aliphatic rings. The fraction of sp³-hybridized carbons (Fsp3) is 0.533. The van der Waals surface area contributed by atoms with E-state index in [1.54, 1.807) is 13.2 Å². The second-order valence-corrected chi connectivity index (χ2v) is 5.57. The minimum Gasteiger partial charge on any atom is -0.496 e. The molecule has 0 heterocycles. The van der Waals surface area contributed by atoms with E-state index in [1.165, 1.54) is 4.90 Å². The van der Waals surface area contributed by atoms with Crippen molar-refractivity contribution in [2.24, 2.45) is 0 Å². The molecule has 2 N–H and O–H groups in total. The van der Waals surface area contributed by atoms with Crippen LogP contribution >= 0.6 is 11.6 Å². The Bertz CT molecular complexity index is 449. The largest absolute Gasteiger partial charge is 0.496 e. The van der Waals surface area contributed by atoms with Crippen molar-refractivity contribution in [3.63, 3.8) is 0 Å². The number of amides is 1. The number of hydrogen-bond acceptors (Lipinski definition) is 2. The summed E-state index contributed by atoms with van der Waals surface area (Å²) in [7, 11) is 1.64. The molecule has 0 saturated carbocycles. The minimum absolute atomic E-state index is 0.0674. The molecule has 0 aromatic heterocycles. The lowest BCUT2D eigenvalue weighted by Gasteiger charge is -2.19. The van der Waals surface area contributed by atoms with Crippen LogP contribution in [-0.4, -0.2) is 32.1 Å². The third-order valence-electron chi connectivity index (χ3n) is 3.04. The maximum atomic E-state index is 11.8. The van der Waals surface area contributed by atoms with E-state index in [0.717, 1.165) is 17.9 Å². The van der Waals surface area contributed by atoms with E-state index in [2.05, 4.69) is 12.2 Å². The average Bonchev–Trinajstić information content (AvgIpc) is 2.37. The summed E-state index contributed by atoms with van der Waals surface area (Å²) in [6, 6.07) is 5.73. The van der Waals surface area contributed by atoms with Gasteiger partial charge in [0.25, 0.3) is 5.91 Å². The van der Waals surface area contributed by atoms with Crippen molar-refractivity contribution in [2.45, 2.75) is 33.4 Å². The second kappa shape index (κ2) is 8.12. The molecule has 1 unspecified atom stereocenters. The molecule has 0 fully saturated rings. The van der Waals surface area contributed by atoms with Gasteiger partial charge in [0, 0.05) is 16.6 Å². The number of quaternary nitrogens is 1. The first-order valence-corrected chi connectivity index (χ1v) is 7.29. The Morgan fingerprint density at radius 1 is 1.45 bits per heavy atom. The summed E-state index contributed by atoms with van der Waals surface area (Å²) in [6.45, 7) is 8.01. The van der Waals surface area contributed by atoms with Crippen LogP contribution in [0.3, 0.4) is 0 Å². The Hall–Kier alpha value is -1.26. The molecule has 112 valence electrons. The van der Waals surface area contributed by atoms with Crippen LogP contribution in [0.2, 0.25) is 5.02 Å². The van der Waals surface area contributed by atoms with E-state index < -0.39 is 0 Å². The van der Waals surface area contributed by atoms with Crippen LogP contribution in [-0.2, 0) is 11.3 Å². The highest BCUT2D eigenvalue weighted by molar-refractivity contribution is 6.30. The number of ether oxygens (including phenoxy) is 1. The fourth-order valence-electron chi connectivity index (χ4n) is 2.07. The Kier molecular flexibility index (Phi) is 6.82. The molecule has 0 aliphatic carbocycles. The Morgan fingerprint density at radius 3 is 2.70 bits per heavy atom. The monoisotopic (exact) mass is 299 g/mol. The van der Waals surface area contributed by atoms with Gasteiger partial charge in [-0.1, -0.05) is 11.6 Å². The van der Waals surface area contributed by atoms with Crippen LogP contribution in [0.4, 0.5) is 0 Å². The first-order chi connectivity index (χ1) is 9.46. The van der Waals surface area contributed by atoms with Crippen molar-refractivity contribution in [1.29, 1.82) is 0 Å². The predicted octanol–water partition coefficient (Wildman–Crippen LogP) is 1.28. The molecular formula is C15H24ClN2O2+. The van der Waals surface area contributed by atoms with Crippen molar-refractivity contribution in [2.75, 3.05) is 20.2 Å². The Balaban J connectivity index is 2.73. The van der Waals surface area contributed by atoms with Crippen LogP contribution < -0.4 is 15.0 Å². The molecule has 1 aromatic carbocycles. The number of benzene rings is 1. The number of nitrogens with one attached hydrogen (secondary N) is 2. The lowest BCUT2D eigenvalue weighted by Crippen LogP contribution is -3.11. The highest BCUT2D eigenvalue weighted by Crippen LogP contribution is 2.21. The molecule has 1 amide bonds. The smallest absolute Gasteiger partial charge is 0.275 e. The summed E-state index contributed by atoms with van der Waals surface area (Å²) >= 11 is 6.03. The van der Waals surface area contributed by atoms with E-state index in [-0.39, 0.29) is 11.9 Å². The van der Waals surface area contributed by atoms with Gasteiger partial charge in [0.15, 0.2) is 6.54 Å². The van der Waals surface area contributed by atoms with Crippen LogP contribution in [0.1, 0.15) is 26.3 Å². The number of carbonyl (C=O) groups is 1. The van der Waals surface area contributed by atoms with E-state index >= 15 is 0 Å². The number of rotatable bonds is 7. The van der Waals surface area contributed by atoms with Gasteiger partial charge in [-0.25, -0.2) is 0 Å². The summed E-state index contributed by atoms with van der Waals surface area (Å²) in [6.07, 6.45) is 0. The maximum Gasteiger partial charge on any atom is 0.275 e. The molecule has 0 spiro atoms. The lowest BCUT2D eigenvalue weighted by molar-refractivity contribution is -0.904. The third kappa shape index (κ3) is 5.39. The van der Waals surface area contributed by atoms with Crippen molar-refractivity contribution in [3.05, 3.63) is 28.8 Å². The number of likely N-dealkylation sites (N-methyl/N-ethyl adjacent to an activating group) is 1. The predicted molar refractivity (Wildman–Crippen MR) is 81.4 cm³/mol. The highest BCUT2D eigenvalue weighted by Gasteiger charge is 2.16. The van der Waals surface area contributed by atoms with Crippen molar-refractivity contribution in [1.82, 2.24) is 5.32 Å². The molecule has 1 rings (SSSR count). The lowest BCUT2D eigenvalue weighted by atomic mass is 10.2. The Morgan fingerprint density at radius 2 is 2.15 bits per heavy atom. The van der Waals surface area contributed by atoms with Crippen molar-refractivity contribution in [3.8, 4) is 5.75 Å². The van der Waals surface area contributed by atoms with Crippen LogP contribution in [0.15, 0.2) is 18.2 Å². The Labute approximate surface area is 126 Å². The van der Waals surface area contributed by atoms with Gasteiger partial charge in [-0.05, 0) is 39.0 Å². The quantitative estimate of drug-likeness (QED) is 0.796. The molecular weight excluding hydrogens is 276 g/mol. The van der Waals surface area contributed by atoms with Gasteiger partial charge in [-0.15, -0.1) is 0 Å². The second-order valence-electron chi connectivity index (χ2n) is 5.14. The molecule has 1 atom stereocenters. The molecule has 0 saturated heterocycles. The van der Waals surface area contributed by atoms with E-state index in [9.17, 15) is 4.79 Å². The minimum atomic E-state index is 0.0674. The van der Waals surface area contributed by atoms with Crippen molar-refractivity contribution >= 4 is 17.5 Å². The SMILES string of the molecule is CC[NH+](CC(=O)NC(C)C)Cc1cc(Cl)ccc1OC. The van der Waals surface area contributed by atoms with E-state index in [4.69, 9.17) is 16.3 Å². The van der Waals surface area contributed by atoms with Gasteiger partial charge in [0.2, 0.25) is 0 Å². The summed E-state index contributed by atoms with van der Waals surface area (Å²) in [5, 5.41) is 3.60. The van der Waals surface area contributed by atoms with Gasteiger partial charge < -0.3 is 15.0 Å². The van der Waals surface area contributed by atoms with Crippen LogP contribution in [0.25, 0.3) is 0 Å². The topological polar surface area (TPSA) is 42.8 Å². The third-order valence-corrected chi connectivity index (χ3v) is 3.28. The molecule has 0 bridgehead atoms. The average molecular weight is 300 g/mol. The standard InChI is InChI=1S/C15H23ClN2O2/c1-5-18(10-15(19)17-11(2)3)9-12-8-13(16)6-7-14(12)20-4/h6-8,11H,5,9-10H2,1-4H3,(H,17,19)/p+1. The van der Waals surface area contributed by atoms with Gasteiger partial charge in [-0.3, -0.25) is 4.79 Å². The molecule has 4 nitrogen and oxygen atoms in total. The number of carbonyl (C=O) groups excluding carboxylic acids is 1. The van der Waals surface area contributed by atoms with E-state index in [1.807, 2.05) is 26.0 Å². The number of methoxy groups -OCH3 is 1. The first-order valence-electron chi connectivity index (χ1n) is 6.91. The molecule has 5 heteroatoms. The van der Waals surface area contributed by atoms with Crippen LogP contribution in [0.5, 0.6) is 5.75 Å². The summed E-state index contributed by atoms with van der Waals surface area (Å²) in [4.78, 5) is 13.0. The molecule has 1 aromatic rings. The zero-order valence-electron chi connectivity index (χ0n) is 12.6. The fourth-order valence-corrected chi connectivity index (χ4v) is 2.26. The number of hydrogen-bond donors (Lipinski definition) is 2. The normalized spacial score (nSPS) is 12.3. The molecule has 0 radical (unpaired) electrons. The number of halogens is 1. The summed E-state index contributed by atoms with van der Waals surface area (Å²) in [5.41, 5.74) is 1.02.